The van der Waals surface area contributed by atoms with Gasteiger partial charge in [0.1, 0.15) is 5.82 Å². The molecule has 0 fully saturated rings. The zero-order valence-corrected chi connectivity index (χ0v) is 9.53. The van der Waals surface area contributed by atoms with E-state index in [-0.39, 0.29) is 5.82 Å². The lowest BCUT2D eigenvalue weighted by atomic mass is 10.1. The van der Waals surface area contributed by atoms with E-state index in [2.05, 4.69) is 0 Å². The largest absolute Gasteiger partial charge is 0.375 e. The summed E-state index contributed by atoms with van der Waals surface area (Å²) in [5.74, 6) is -0.213. The quantitative estimate of drug-likeness (QED) is 0.746. The van der Waals surface area contributed by atoms with Crippen LogP contribution in [0.2, 0.25) is 5.02 Å². The third-order valence-corrected chi connectivity index (χ3v) is 2.73. The summed E-state index contributed by atoms with van der Waals surface area (Å²) in [6.45, 7) is 4.74. The molecule has 78 valence electrons. The number of nitrogens with zero attached hydrogens (tertiary/aromatic N) is 1. The van der Waals surface area contributed by atoms with E-state index in [1.165, 1.54) is 6.07 Å². The molecule has 0 spiro atoms. The molecule has 0 saturated heterocycles. The van der Waals surface area contributed by atoms with Gasteiger partial charge in [-0.1, -0.05) is 18.5 Å². The monoisotopic (exact) mass is 215 g/mol. The van der Waals surface area contributed by atoms with Crippen molar-refractivity contribution in [2.75, 3.05) is 18.5 Å². The zero-order chi connectivity index (χ0) is 10.7. The molecule has 0 aliphatic rings. The Morgan fingerprint density at radius 1 is 1.36 bits per heavy atom. The van der Waals surface area contributed by atoms with Gasteiger partial charge in [-0.25, -0.2) is 4.39 Å². The average molecular weight is 216 g/mol. The van der Waals surface area contributed by atoms with Crippen LogP contribution in [0.1, 0.15) is 19.4 Å². The molecule has 0 aromatic heterocycles. The third kappa shape index (κ3) is 2.18. The van der Waals surface area contributed by atoms with Gasteiger partial charge in [0.2, 0.25) is 0 Å². The van der Waals surface area contributed by atoms with E-state index in [0.717, 1.165) is 12.2 Å². The normalized spacial score (nSPS) is 10.4. The lowest BCUT2D eigenvalue weighted by Gasteiger charge is -2.18. The Morgan fingerprint density at radius 2 is 2.00 bits per heavy atom. The van der Waals surface area contributed by atoms with Gasteiger partial charge in [0, 0.05) is 29.9 Å². The topological polar surface area (TPSA) is 3.24 Å². The van der Waals surface area contributed by atoms with Crippen LogP contribution in [0.15, 0.2) is 12.1 Å². The third-order valence-electron chi connectivity index (χ3n) is 2.39. The highest BCUT2D eigenvalue weighted by molar-refractivity contribution is 6.31. The molecule has 0 saturated carbocycles. The molecule has 0 radical (unpaired) electrons. The van der Waals surface area contributed by atoms with E-state index in [0.29, 0.717) is 17.0 Å². The van der Waals surface area contributed by atoms with Crippen LogP contribution in [0.4, 0.5) is 10.1 Å². The number of hydrogen-bond acceptors (Lipinski definition) is 1. The molecule has 14 heavy (non-hydrogen) atoms. The van der Waals surface area contributed by atoms with E-state index in [1.54, 1.807) is 0 Å². The molecule has 0 aliphatic heterocycles. The first kappa shape index (κ1) is 11.3. The Hall–Kier alpha value is -0.760. The molecule has 0 heterocycles. The van der Waals surface area contributed by atoms with Gasteiger partial charge in [0.25, 0.3) is 0 Å². The van der Waals surface area contributed by atoms with Crippen molar-refractivity contribution in [3.63, 3.8) is 0 Å². The van der Waals surface area contributed by atoms with E-state index >= 15 is 0 Å². The fourth-order valence-corrected chi connectivity index (χ4v) is 1.67. The predicted molar refractivity (Wildman–Crippen MR) is 59.7 cm³/mol. The molecule has 3 heteroatoms. The van der Waals surface area contributed by atoms with Crippen molar-refractivity contribution in [2.24, 2.45) is 0 Å². The van der Waals surface area contributed by atoms with Gasteiger partial charge in [-0.15, -0.1) is 0 Å². The fourth-order valence-electron chi connectivity index (χ4n) is 1.33. The van der Waals surface area contributed by atoms with Crippen molar-refractivity contribution in [3.05, 3.63) is 28.5 Å². The van der Waals surface area contributed by atoms with Crippen LogP contribution in [0.3, 0.4) is 0 Å². The average Bonchev–Trinajstić information content (AvgIpc) is 2.16. The molecule has 0 atom stereocenters. The van der Waals surface area contributed by atoms with Crippen molar-refractivity contribution < 1.29 is 4.39 Å². The highest BCUT2D eigenvalue weighted by Crippen LogP contribution is 2.26. The Balaban J connectivity index is 3.13. The molecule has 0 bridgehead atoms. The molecular weight excluding hydrogens is 201 g/mol. The molecule has 0 amide bonds. The smallest absolute Gasteiger partial charge is 0.129 e. The second kappa shape index (κ2) is 4.65. The zero-order valence-electron chi connectivity index (χ0n) is 8.77. The lowest BCUT2D eigenvalue weighted by Crippen LogP contribution is -2.16. The fraction of sp³-hybridized carbons (Fsp3) is 0.455. The number of rotatable bonds is 3. The molecule has 1 aromatic carbocycles. The predicted octanol–water partition coefficient (Wildman–Crippen LogP) is 3.50. The summed E-state index contributed by atoms with van der Waals surface area (Å²) in [6.07, 6.45) is 0.626. The minimum Gasteiger partial charge on any atom is -0.375 e. The number of hydrogen-bond donors (Lipinski definition) is 0. The molecule has 1 rings (SSSR count). The SMILES string of the molecule is CCc1c(F)cc(N(C)CC)cc1Cl. The Morgan fingerprint density at radius 3 is 2.43 bits per heavy atom. The van der Waals surface area contributed by atoms with Crippen LogP contribution in [-0.4, -0.2) is 13.6 Å². The van der Waals surface area contributed by atoms with Crippen molar-refractivity contribution in [2.45, 2.75) is 20.3 Å². The second-order valence-corrected chi connectivity index (χ2v) is 3.66. The van der Waals surface area contributed by atoms with Gasteiger partial charge >= 0.3 is 0 Å². The Labute approximate surface area is 89.5 Å². The van der Waals surface area contributed by atoms with Crippen LogP contribution >= 0.6 is 11.6 Å². The van der Waals surface area contributed by atoms with Crippen molar-refractivity contribution >= 4 is 17.3 Å². The van der Waals surface area contributed by atoms with Gasteiger partial charge in [0.15, 0.2) is 0 Å². The second-order valence-electron chi connectivity index (χ2n) is 3.26. The van der Waals surface area contributed by atoms with Crippen molar-refractivity contribution in [1.29, 1.82) is 0 Å². The van der Waals surface area contributed by atoms with Crippen LogP contribution < -0.4 is 4.90 Å². The summed E-state index contributed by atoms with van der Waals surface area (Å²) < 4.78 is 13.5. The van der Waals surface area contributed by atoms with Crippen LogP contribution in [0.5, 0.6) is 0 Å². The van der Waals surface area contributed by atoms with Gasteiger partial charge in [-0.2, -0.15) is 0 Å². The van der Waals surface area contributed by atoms with Crippen molar-refractivity contribution in [1.82, 2.24) is 0 Å². The minimum atomic E-state index is -0.213. The van der Waals surface area contributed by atoms with E-state index in [9.17, 15) is 4.39 Å². The van der Waals surface area contributed by atoms with Gasteiger partial charge in [-0.3, -0.25) is 0 Å². The summed E-state index contributed by atoms with van der Waals surface area (Å²) in [5.41, 5.74) is 1.42. The van der Waals surface area contributed by atoms with Gasteiger partial charge in [0.05, 0.1) is 0 Å². The van der Waals surface area contributed by atoms with E-state index in [4.69, 9.17) is 11.6 Å². The number of halogens is 2. The maximum Gasteiger partial charge on any atom is 0.129 e. The van der Waals surface area contributed by atoms with Gasteiger partial charge < -0.3 is 4.90 Å². The molecule has 1 aromatic rings. The molecule has 0 aliphatic carbocycles. The molecule has 0 N–H and O–H groups in total. The van der Waals surface area contributed by atoms with Crippen LogP contribution in [0.25, 0.3) is 0 Å². The summed E-state index contributed by atoms with van der Waals surface area (Å²) in [5, 5.41) is 0.516. The molecule has 0 unspecified atom stereocenters. The first-order valence-corrected chi connectivity index (χ1v) is 5.17. The molecule has 1 nitrogen and oxygen atoms in total. The summed E-state index contributed by atoms with van der Waals surface area (Å²) in [7, 11) is 1.91. The number of anilines is 1. The summed E-state index contributed by atoms with van der Waals surface area (Å²) >= 11 is 5.97. The maximum atomic E-state index is 13.5. The number of benzene rings is 1. The minimum absolute atomic E-state index is 0.213. The Bertz CT molecular complexity index is 302. The Kier molecular flexibility index (Phi) is 3.76. The standard InChI is InChI=1S/C11H15ClFN/c1-4-9-10(12)6-8(7-11(9)13)14(3)5-2/h6-7H,4-5H2,1-3H3. The van der Waals surface area contributed by atoms with Crippen LogP contribution in [0, 0.1) is 5.82 Å². The first-order valence-electron chi connectivity index (χ1n) is 4.79. The highest BCUT2D eigenvalue weighted by atomic mass is 35.5. The van der Waals surface area contributed by atoms with Crippen LogP contribution in [-0.2, 0) is 6.42 Å². The van der Waals surface area contributed by atoms with E-state index < -0.39 is 0 Å². The van der Waals surface area contributed by atoms with Crippen molar-refractivity contribution in [3.8, 4) is 0 Å². The summed E-state index contributed by atoms with van der Waals surface area (Å²) in [4.78, 5) is 1.95. The first-order chi connectivity index (χ1) is 6.60. The lowest BCUT2D eigenvalue weighted by molar-refractivity contribution is 0.612. The summed E-state index contributed by atoms with van der Waals surface area (Å²) in [6, 6.07) is 3.35. The maximum absolute atomic E-state index is 13.5. The highest BCUT2D eigenvalue weighted by Gasteiger charge is 2.09. The van der Waals surface area contributed by atoms with E-state index in [1.807, 2.05) is 31.9 Å². The van der Waals surface area contributed by atoms with Gasteiger partial charge in [-0.05, 0) is 25.5 Å². The molecular formula is C11H15ClFN.